The van der Waals surface area contributed by atoms with Gasteiger partial charge in [-0.2, -0.15) is 0 Å². The van der Waals surface area contributed by atoms with Crippen LogP contribution in [0.1, 0.15) is 32.6 Å². The van der Waals surface area contributed by atoms with Gasteiger partial charge in [0.1, 0.15) is 5.25 Å². The molecule has 0 aromatic rings. The fourth-order valence-corrected chi connectivity index (χ4v) is 3.15. The summed E-state index contributed by atoms with van der Waals surface area (Å²) in [6.07, 6.45) is 2.40. The second-order valence-electron chi connectivity index (χ2n) is 4.40. The second-order valence-corrected chi connectivity index (χ2v) is 5.81. The van der Waals surface area contributed by atoms with Gasteiger partial charge in [0.2, 0.25) is 11.8 Å². The Hall–Kier alpha value is -1.04. The van der Waals surface area contributed by atoms with Gasteiger partial charge in [-0.15, -0.1) is 11.8 Å². The molecule has 2 rings (SSSR count). The minimum atomic E-state index is -0.914. The zero-order chi connectivity index (χ0) is 12.6. The summed E-state index contributed by atoms with van der Waals surface area (Å²) in [5.74, 6) is -1.25. The largest absolute Gasteiger partial charge is 0.480 e. The third kappa shape index (κ3) is 2.46. The standard InChI is InChI=1S/C11H15NO4S/c1-2-7(11(15)16)17-8-5-9(13)12(10(8)14)6-3-4-6/h6-8H,2-5H2,1H3,(H,15,16). The smallest absolute Gasteiger partial charge is 0.316 e. The quantitative estimate of drug-likeness (QED) is 0.740. The molecular weight excluding hydrogens is 242 g/mol. The molecule has 1 saturated heterocycles. The highest BCUT2D eigenvalue weighted by atomic mass is 32.2. The number of carboxylic acid groups (broad SMARTS) is 1. The lowest BCUT2D eigenvalue weighted by Crippen LogP contribution is -2.34. The highest BCUT2D eigenvalue weighted by Gasteiger charge is 2.47. The summed E-state index contributed by atoms with van der Waals surface area (Å²) in [5, 5.41) is 7.85. The summed E-state index contributed by atoms with van der Waals surface area (Å²) in [4.78, 5) is 35.9. The number of likely N-dealkylation sites (tertiary alicyclic amines) is 1. The van der Waals surface area contributed by atoms with Crippen LogP contribution in [-0.2, 0) is 14.4 Å². The summed E-state index contributed by atoms with van der Waals surface area (Å²) in [6.45, 7) is 1.77. The molecule has 2 fully saturated rings. The Labute approximate surface area is 104 Å². The predicted molar refractivity (Wildman–Crippen MR) is 62.6 cm³/mol. The van der Waals surface area contributed by atoms with Gasteiger partial charge in [-0.05, 0) is 19.3 Å². The van der Waals surface area contributed by atoms with Crippen molar-refractivity contribution in [2.45, 2.75) is 49.1 Å². The molecule has 0 radical (unpaired) electrons. The van der Waals surface area contributed by atoms with Crippen molar-refractivity contribution < 1.29 is 19.5 Å². The first-order valence-electron chi connectivity index (χ1n) is 5.78. The molecule has 1 aliphatic carbocycles. The van der Waals surface area contributed by atoms with E-state index in [1.165, 1.54) is 4.90 Å². The van der Waals surface area contributed by atoms with E-state index >= 15 is 0 Å². The van der Waals surface area contributed by atoms with Crippen molar-refractivity contribution in [1.82, 2.24) is 4.90 Å². The Morgan fingerprint density at radius 2 is 2.18 bits per heavy atom. The van der Waals surface area contributed by atoms with Crippen molar-refractivity contribution in [3.05, 3.63) is 0 Å². The normalized spacial score (nSPS) is 26.4. The molecule has 94 valence electrons. The summed E-state index contributed by atoms with van der Waals surface area (Å²) >= 11 is 1.11. The lowest BCUT2D eigenvalue weighted by molar-refractivity contribution is -0.139. The Morgan fingerprint density at radius 1 is 1.53 bits per heavy atom. The minimum Gasteiger partial charge on any atom is -0.480 e. The first-order chi connectivity index (χ1) is 8.04. The Balaban J connectivity index is 2.00. The molecule has 1 aliphatic heterocycles. The van der Waals surface area contributed by atoms with Crippen molar-refractivity contribution in [3.63, 3.8) is 0 Å². The van der Waals surface area contributed by atoms with Crippen LogP contribution in [0.15, 0.2) is 0 Å². The number of carbonyl (C=O) groups is 3. The molecule has 0 bridgehead atoms. The van der Waals surface area contributed by atoms with Crippen molar-refractivity contribution in [2.24, 2.45) is 0 Å². The molecule has 2 aliphatic rings. The average Bonchev–Trinajstić information content (AvgIpc) is 3.04. The highest BCUT2D eigenvalue weighted by molar-refractivity contribution is 8.01. The number of rotatable bonds is 5. The molecular formula is C11H15NO4S. The zero-order valence-corrected chi connectivity index (χ0v) is 10.4. The first-order valence-corrected chi connectivity index (χ1v) is 6.73. The van der Waals surface area contributed by atoms with Gasteiger partial charge in [0.05, 0.1) is 5.25 Å². The Kier molecular flexibility index (Phi) is 3.42. The van der Waals surface area contributed by atoms with Gasteiger partial charge in [-0.25, -0.2) is 0 Å². The van der Waals surface area contributed by atoms with E-state index in [9.17, 15) is 14.4 Å². The van der Waals surface area contributed by atoms with Crippen LogP contribution < -0.4 is 0 Å². The number of imide groups is 1. The Morgan fingerprint density at radius 3 is 2.65 bits per heavy atom. The van der Waals surface area contributed by atoms with E-state index in [-0.39, 0.29) is 24.3 Å². The van der Waals surface area contributed by atoms with E-state index in [0.717, 1.165) is 24.6 Å². The van der Waals surface area contributed by atoms with Crippen LogP contribution in [0.3, 0.4) is 0 Å². The number of hydrogen-bond donors (Lipinski definition) is 1. The maximum Gasteiger partial charge on any atom is 0.316 e. The van der Waals surface area contributed by atoms with Crippen LogP contribution in [0.25, 0.3) is 0 Å². The van der Waals surface area contributed by atoms with Gasteiger partial charge in [0.15, 0.2) is 0 Å². The molecule has 17 heavy (non-hydrogen) atoms. The molecule has 2 unspecified atom stereocenters. The van der Waals surface area contributed by atoms with Crippen LogP contribution in [0.2, 0.25) is 0 Å². The van der Waals surface area contributed by atoms with Gasteiger partial charge in [-0.3, -0.25) is 19.3 Å². The van der Waals surface area contributed by atoms with Crippen LogP contribution in [-0.4, -0.2) is 44.3 Å². The van der Waals surface area contributed by atoms with Crippen molar-refractivity contribution in [1.29, 1.82) is 0 Å². The van der Waals surface area contributed by atoms with Gasteiger partial charge in [0.25, 0.3) is 0 Å². The molecule has 1 saturated carbocycles. The fourth-order valence-electron chi connectivity index (χ4n) is 1.97. The van der Waals surface area contributed by atoms with Crippen LogP contribution in [0.5, 0.6) is 0 Å². The summed E-state index contributed by atoms with van der Waals surface area (Å²) in [7, 11) is 0. The molecule has 0 spiro atoms. The predicted octanol–water partition coefficient (Wildman–Crippen LogP) is 0.873. The van der Waals surface area contributed by atoms with Gasteiger partial charge >= 0.3 is 5.97 Å². The second kappa shape index (κ2) is 4.68. The number of aliphatic carboxylic acids is 1. The van der Waals surface area contributed by atoms with Crippen molar-refractivity contribution >= 4 is 29.5 Å². The van der Waals surface area contributed by atoms with E-state index in [2.05, 4.69) is 0 Å². The SMILES string of the molecule is CCC(SC1CC(=O)N(C2CC2)C1=O)C(=O)O. The molecule has 2 amide bonds. The van der Waals surface area contributed by atoms with Gasteiger partial charge < -0.3 is 5.11 Å². The van der Waals surface area contributed by atoms with Crippen molar-refractivity contribution in [3.8, 4) is 0 Å². The maximum absolute atomic E-state index is 12.0. The highest BCUT2D eigenvalue weighted by Crippen LogP contribution is 2.36. The number of nitrogens with zero attached hydrogens (tertiary/aromatic N) is 1. The van der Waals surface area contributed by atoms with Gasteiger partial charge in [0, 0.05) is 12.5 Å². The third-order valence-corrected chi connectivity index (χ3v) is 4.59. The summed E-state index contributed by atoms with van der Waals surface area (Å²) < 4.78 is 0. The number of hydrogen-bond acceptors (Lipinski definition) is 4. The lowest BCUT2D eigenvalue weighted by Gasteiger charge is -2.15. The van der Waals surface area contributed by atoms with E-state index < -0.39 is 16.5 Å². The molecule has 2 atom stereocenters. The average molecular weight is 257 g/mol. The molecule has 0 aromatic heterocycles. The van der Waals surface area contributed by atoms with Crippen LogP contribution in [0, 0.1) is 0 Å². The summed E-state index contributed by atoms with van der Waals surface area (Å²) in [6, 6.07) is 0.0884. The van der Waals surface area contributed by atoms with E-state index in [1.807, 2.05) is 0 Å². The number of carboxylic acids is 1. The number of carbonyl (C=O) groups excluding carboxylic acids is 2. The van der Waals surface area contributed by atoms with Crippen LogP contribution in [0.4, 0.5) is 0 Å². The molecule has 1 N–H and O–H groups in total. The molecule has 5 nitrogen and oxygen atoms in total. The zero-order valence-electron chi connectivity index (χ0n) is 9.59. The number of thioether (sulfide) groups is 1. The minimum absolute atomic E-state index is 0.0884. The topological polar surface area (TPSA) is 74.7 Å². The van der Waals surface area contributed by atoms with Gasteiger partial charge in [-0.1, -0.05) is 6.92 Å². The van der Waals surface area contributed by atoms with E-state index in [0.29, 0.717) is 6.42 Å². The molecule has 0 aromatic carbocycles. The van der Waals surface area contributed by atoms with Crippen LogP contribution >= 0.6 is 11.8 Å². The lowest BCUT2D eigenvalue weighted by atomic mass is 10.3. The van der Waals surface area contributed by atoms with E-state index in [4.69, 9.17) is 5.11 Å². The number of amides is 2. The van der Waals surface area contributed by atoms with E-state index in [1.54, 1.807) is 6.92 Å². The first kappa shape index (κ1) is 12.4. The molecule has 1 heterocycles. The Bertz CT molecular complexity index is 366. The third-order valence-electron chi connectivity index (χ3n) is 3.03. The summed E-state index contributed by atoms with van der Waals surface area (Å²) in [5.41, 5.74) is 0. The monoisotopic (exact) mass is 257 g/mol. The van der Waals surface area contributed by atoms with Crippen molar-refractivity contribution in [2.75, 3.05) is 0 Å². The molecule has 6 heteroatoms. The maximum atomic E-state index is 12.0. The fraction of sp³-hybridized carbons (Fsp3) is 0.727.